The molecule has 0 spiro atoms. The summed E-state index contributed by atoms with van der Waals surface area (Å²) in [6, 6.07) is 3.75. The van der Waals surface area contributed by atoms with Crippen molar-refractivity contribution in [3.05, 3.63) is 59.7 Å². The van der Waals surface area contributed by atoms with Crippen LogP contribution in [0.15, 0.2) is 36.9 Å². The summed E-state index contributed by atoms with van der Waals surface area (Å²) in [6.07, 6.45) is 10.0. The molecular weight excluding hydrogens is 364 g/mol. The summed E-state index contributed by atoms with van der Waals surface area (Å²) < 4.78 is 2.02. The van der Waals surface area contributed by atoms with Crippen molar-refractivity contribution >= 4 is 5.91 Å². The number of likely N-dealkylation sites (tertiary alicyclic amines) is 1. The standard InChI is InChI=1S/C22H26N6O/c1-15-6-7-18(10-24-15)22(29)28-8-4-5-17(14-28)9-19-11-23-12-20(26-19)21-13-25-16(2)27(21)3/h6-7,10-13,17H,4-5,8-9,14H2,1-3H3. The molecule has 7 nitrogen and oxygen atoms in total. The number of imidazole rings is 1. The Morgan fingerprint density at radius 3 is 2.72 bits per heavy atom. The number of aryl methyl sites for hydroxylation is 2. The number of nitrogens with zero attached hydrogens (tertiary/aromatic N) is 6. The minimum Gasteiger partial charge on any atom is -0.338 e. The van der Waals surface area contributed by atoms with Crippen LogP contribution in [-0.4, -0.2) is 48.4 Å². The van der Waals surface area contributed by atoms with Gasteiger partial charge in [0.25, 0.3) is 5.91 Å². The van der Waals surface area contributed by atoms with Gasteiger partial charge in [-0.3, -0.25) is 14.8 Å². The van der Waals surface area contributed by atoms with Crippen LogP contribution in [0.3, 0.4) is 0 Å². The van der Waals surface area contributed by atoms with E-state index in [4.69, 9.17) is 4.98 Å². The fourth-order valence-corrected chi connectivity index (χ4v) is 3.86. The molecule has 3 aromatic heterocycles. The molecule has 1 aliphatic heterocycles. The van der Waals surface area contributed by atoms with Crippen molar-refractivity contribution in [1.29, 1.82) is 0 Å². The molecule has 7 heteroatoms. The molecule has 0 saturated carbocycles. The Balaban J connectivity index is 1.46. The highest BCUT2D eigenvalue weighted by Gasteiger charge is 2.25. The van der Waals surface area contributed by atoms with E-state index in [1.165, 1.54) is 0 Å². The zero-order valence-corrected chi connectivity index (χ0v) is 17.2. The fourth-order valence-electron chi connectivity index (χ4n) is 3.86. The molecule has 4 rings (SSSR count). The van der Waals surface area contributed by atoms with Crippen LogP contribution in [0.4, 0.5) is 0 Å². The van der Waals surface area contributed by atoms with Gasteiger partial charge >= 0.3 is 0 Å². The molecule has 0 N–H and O–H groups in total. The molecule has 0 aromatic carbocycles. The summed E-state index contributed by atoms with van der Waals surface area (Å²) >= 11 is 0. The molecule has 1 atom stereocenters. The predicted molar refractivity (Wildman–Crippen MR) is 110 cm³/mol. The fraction of sp³-hybridized carbons (Fsp3) is 0.409. The number of pyridine rings is 1. The average Bonchev–Trinajstić information content (AvgIpc) is 3.07. The normalized spacial score (nSPS) is 16.8. The van der Waals surface area contributed by atoms with Gasteiger partial charge in [-0.15, -0.1) is 0 Å². The lowest BCUT2D eigenvalue weighted by molar-refractivity contribution is 0.0672. The first-order valence-corrected chi connectivity index (χ1v) is 10.0. The lowest BCUT2D eigenvalue weighted by atomic mass is 9.93. The second-order valence-corrected chi connectivity index (χ2v) is 7.80. The van der Waals surface area contributed by atoms with Crippen molar-refractivity contribution in [2.75, 3.05) is 13.1 Å². The van der Waals surface area contributed by atoms with Crippen molar-refractivity contribution in [2.24, 2.45) is 13.0 Å². The number of aromatic nitrogens is 5. The minimum atomic E-state index is 0.0624. The van der Waals surface area contributed by atoms with Crippen LogP contribution in [0.25, 0.3) is 11.4 Å². The summed E-state index contributed by atoms with van der Waals surface area (Å²) in [5.41, 5.74) is 4.33. The average molecular weight is 390 g/mol. The lowest BCUT2D eigenvalue weighted by Gasteiger charge is -2.32. The van der Waals surface area contributed by atoms with Gasteiger partial charge in [-0.2, -0.15) is 0 Å². The van der Waals surface area contributed by atoms with E-state index < -0.39 is 0 Å². The largest absolute Gasteiger partial charge is 0.338 e. The van der Waals surface area contributed by atoms with E-state index in [0.29, 0.717) is 11.5 Å². The Kier molecular flexibility index (Phi) is 5.38. The Labute approximate surface area is 170 Å². The Morgan fingerprint density at radius 2 is 2.00 bits per heavy atom. The zero-order valence-electron chi connectivity index (χ0n) is 17.2. The van der Waals surface area contributed by atoms with E-state index in [0.717, 1.165) is 61.0 Å². The van der Waals surface area contributed by atoms with Crippen LogP contribution in [0, 0.1) is 19.8 Å². The van der Waals surface area contributed by atoms with Gasteiger partial charge in [0.1, 0.15) is 11.5 Å². The first-order chi connectivity index (χ1) is 14.0. The molecule has 0 aliphatic carbocycles. The maximum Gasteiger partial charge on any atom is 0.255 e. The van der Waals surface area contributed by atoms with Gasteiger partial charge in [-0.1, -0.05) is 0 Å². The van der Waals surface area contributed by atoms with Crippen molar-refractivity contribution in [1.82, 2.24) is 29.4 Å². The number of carbonyl (C=O) groups is 1. The van der Waals surface area contributed by atoms with Gasteiger partial charge in [0.2, 0.25) is 0 Å². The summed E-state index contributed by atoms with van der Waals surface area (Å²) in [5.74, 6) is 1.38. The molecule has 4 heterocycles. The molecule has 0 bridgehead atoms. The van der Waals surface area contributed by atoms with Crippen molar-refractivity contribution < 1.29 is 4.79 Å². The van der Waals surface area contributed by atoms with E-state index >= 15 is 0 Å². The number of hydrogen-bond acceptors (Lipinski definition) is 5. The van der Waals surface area contributed by atoms with Gasteiger partial charge in [-0.25, -0.2) is 9.97 Å². The second-order valence-electron chi connectivity index (χ2n) is 7.80. The molecule has 1 aliphatic rings. The summed E-state index contributed by atoms with van der Waals surface area (Å²) in [7, 11) is 1.98. The quantitative estimate of drug-likeness (QED) is 0.684. The van der Waals surface area contributed by atoms with E-state index in [1.807, 2.05) is 54.9 Å². The third kappa shape index (κ3) is 4.18. The van der Waals surface area contributed by atoms with Gasteiger partial charge in [-0.05, 0) is 51.2 Å². The first kappa shape index (κ1) is 19.2. The number of amides is 1. The van der Waals surface area contributed by atoms with E-state index in [-0.39, 0.29) is 5.91 Å². The molecule has 1 fully saturated rings. The number of rotatable bonds is 4. The maximum atomic E-state index is 12.8. The van der Waals surface area contributed by atoms with Crippen LogP contribution in [-0.2, 0) is 13.5 Å². The van der Waals surface area contributed by atoms with Gasteiger partial charge in [0.05, 0.1) is 29.3 Å². The second kappa shape index (κ2) is 8.11. The lowest BCUT2D eigenvalue weighted by Crippen LogP contribution is -2.40. The highest BCUT2D eigenvalue weighted by atomic mass is 16.2. The molecule has 150 valence electrons. The van der Waals surface area contributed by atoms with Crippen LogP contribution in [0.5, 0.6) is 0 Å². The van der Waals surface area contributed by atoms with Gasteiger partial charge in [0, 0.05) is 38.2 Å². The Bertz CT molecular complexity index is 1010. The van der Waals surface area contributed by atoms with Crippen molar-refractivity contribution in [2.45, 2.75) is 33.1 Å². The smallest absolute Gasteiger partial charge is 0.255 e. The SMILES string of the molecule is Cc1ccc(C(=O)N2CCCC(Cc3cncc(-c4cnc(C)n4C)n3)C2)cn1. The molecule has 1 amide bonds. The summed E-state index contributed by atoms with van der Waals surface area (Å²) in [4.78, 5) is 32.6. The van der Waals surface area contributed by atoms with Crippen LogP contribution >= 0.6 is 0 Å². The molecule has 3 aromatic rings. The van der Waals surface area contributed by atoms with Crippen LogP contribution < -0.4 is 0 Å². The van der Waals surface area contributed by atoms with Crippen molar-refractivity contribution in [3.8, 4) is 11.4 Å². The molecule has 1 saturated heterocycles. The van der Waals surface area contributed by atoms with E-state index in [2.05, 4.69) is 15.0 Å². The minimum absolute atomic E-state index is 0.0624. The van der Waals surface area contributed by atoms with E-state index in [9.17, 15) is 4.79 Å². The van der Waals surface area contributed by atoms with Crippen molar-refractivity contribution in [3.63, 3.8) is 0 Å². The molecule has 29 heavy (non-hydrogen) atoms. The molecule has 1 unspecified atom stereocenters. The zero-order chi connectivity index (χ0) is 20.4. The van der Waals surface area contributed by atoms with E-state index in [1.54, 1.807) is 12.4 Å². The van der Waals surface area contributed by atoms with Gasteiger partial charge in [0.15, 0.2) is 0 Å². The highest BCUT2D eigenvalue weighted by Crippen LogP contribution is 2.23. The molecular formula is C22H26N6O. The third-order valence-electron chi connectivity index (χ3n) is 5.63. The highest BCUT2D eigenvalue weighted by molar-refractivity contribution is 5.94. The topological polar surface area (TPSA) is 76.8 Å². The Morgan fingerprint density at radius 1 is 1.14 bits per heavy atom. The Hall–Kier alpha value is -3.09. The summed E-state index contributed by atoms with van der Waals surface area (Å²) in [6.45, 7) is 5.43. The summed E-state index contributed by atoms with van der Waals surface area (Å²) in [5, 5.41) is 0. The van der Waals surface area contributed by atoms with Crippen LogP contribution in [0.2, 0.25) is 0 Å². The number of carbonyl (C=O) groups excluding carboxylic acids is 1. The van der Waals surface area contributed by atoms with Crippen LogP contribution in [0.1, 0.15) is 40.4 Å². The monoisotopic (exact) mass is 390 g/mol. The predicted octanol–water partition coefficient (Wildman–Crippen LogP) is 2.98. The maximum absolute atomic E-state index is 12.8. The number of piperidine rings is 1. The van der Waals surface area contributed by atoms with Gasteiger partial charge < -0.3 is 9.47 Å². The third-order valence-corrected chi connectivity index (χ3v) is 5.63. The number of hydrogen-bond donors (Lipinski definition) is 0. The first-order valence-electron chi connectivity index (χ1n) is 10.0. The molecule has 0 radical (unpaired) electrons.